The molecule has 2 heterocycles. The third-order valence-electron chi connectivity index (χ3n) is 2.40. The van der Waals surface area contributed by atoms with E-state index in [0.29, 0.717) is 12.3 Å². The van der Waals surface area contributed by atoms with Crippen LogP contribution < -0.4 is 0 Å². The first-order valence-corrected chi connectivity index (χ1v) is 5.54. The van der Waals surface area contributed by atoms with Gasteiger partial charge in [0, 0.05) is 19.5 Å². The Balaban J connectivity index is 1.77. The third-order valence-corrected chi connectivity index (χ3v) is 3.14. The van der Waals surface area contributed by atoms with Crippen molar-refractivity contribution in [1.82, 2.24) is 4.90 Å². The van der Waals surface area contributed by atoms with Crippen LogP contribution in [0.3, 0.4) is 0 Å². The van der Waals surface area contributed by atoms with Crippen LogP contribution >= 0.6 is 11.3 Å². The SMILES string of the molecule is O=C1CCN(CCc2ccsc2)C1. The second-order valence-corrected chi connectivity index (χ2v) is 4.23. The molecule has 0 amide bonds. The molecule has 1 aromatic heterocycles. The minimum Gasteiger partial charge on any atom is -0.298 e. The lowest BCUT2D eigenvalue weighted by atomic mass is 10.2. The van der Waals surface area contributed by atoms with Crippen LogP contribution in [-0.4, -0.2) is 30.3 Å². The molecule has 1 saturated heterocycles. The predicted molar refractivity (Wildman–Crippen MR) is 54.1 cm³/mol. The van der Waals surface area contributed by atoms with Crippen LogP contribution in [0.1, 0.15) is 12.0 Å². The van der Waals surface area contributed by atoms with Crippen molar-refractivity contribution in [1.29, 1.82) is 0 Å². The van der Waals surface area contributed by atoms with Gasteiger partial charge in [-0.1, -0.05) is 0 Å². The van der Waals surface area contributed by atoms with Crippen LogP contribution in [0.15, 0.2) is 16.8 Å². The maximum Gasteiger partial charge on any atom is 0.148 e. The van der Waals surface area contributed by atoms with Crippen LogP contribution in [0, 0.1) is 0 Å². The molecule has 0 atom stereocenters. The van der Waals surface area contributed by atoms with Crippen LogP contribution in [0.25, 0.3) is 0 Å². The van der Waals surface area contributed by atoms with Crippen molar-refractivity contribution in [2.24, 2.45) is 0 Å². The summed E-state index contributed by atoms with van der Waals surface area (Å²) in [4.78, 5) is 13.2. The zero-order valence-electron chi connectivity index (χ0n) is 7.53. The molecule has 0 spiro atoms. The molecule has 2 rings (SSSR count). The summed E-state index contributed by atoms with van der Waals surface area (Å²) < 4.78 is 0. The van der Waals surface area contributed by atoms with E-state index in [1.54, 1.807) is 11.3 Å². The largest absolute Gasteiger partial charge is 0.298 e. The first-order chi connectivity index (χ1) is 6.34. The number of hydrogen-bond acceptors (Lipinski definition) is 3. The standard InChI is InChI=1S/C10H13NOS/c12-10-2-5-11(7-10)4-1-9-3-6-13-8-9/h3,6,8H,1-2,4-5,7H2. The van der Waals surface area contributed by atoms with Crippen molar-refractivity contribution in [3.8, 4) is 0 Å². The predicted octanol–water partition coefficient (Wildman–Crippen LogP) is 1.57. The van der Waals surface area contributed by atoms with Gasteiger partial charge in [-0.25, -0.2) is 0 Å². The highest BCUT2D eigenvalue weighted by Gasteiger charge is 2.18. The monoisotopic (exact) mass is 195 g/mol. The summed E-state index contributed by atoms with van der Waals surface area (Å²) >= 11 is 1.74. The Kier molecular flexibility index (Phi) is 2.76. The fraction of sp³-hybridized carbons (Fsp3) is 0.500. The Hall–Kier alpha value is -0.670. The number of carbonyl (C=O) groups excluding carboxylic acids is 1. The number of hydrogen-bond donors (Lipinski definition) is 0. The fourth-order valence-electron chi connectivity index (χ4n) is 1.60. The molecule has 1 aromatic rings. The highest BCUT2D eigenvalue weighted by atomic mass is 32.1. The first-order valence-electron chi connectivity index (χ1n) is 4.60. The maximum absolute atomic E-state index is 11.0. The number of nitrogens with zero attached hydrogens (tertiary/aromatic N) is 1. The Morgan fingerprint density at radius 2 is 2.46 bits per heavy atom. The summed E-state index contributed by atoms with van der Waals surface area (Å²) in [7, 11) is 0. The van der Waals surface area contributed by atoms with E-state index in [-0.39, 0.29) is 0 Å². The highest BCUT2D eigenvalue weighted by Crippen LogP contribution is 2.09. The summed E-state index contributed by atoms with van der Waals surface area (Å²) in [6.45, 7) is 2.66. The average molecular weight is 195 g/mol. The lowest BCUT2D eigenvalue weighted by molar-refractivity contribution is -0.116. The van der Waals surface area contributed by atoms with E-state index in [4.69, 9.17) is 0 Å². The topological polar surface area (TPSA) is 20.3 Å². The summed E-state index contributed by atoms with van der Waals surface area (Å²) in [5.41, 5.74) is 1.39. The van der Waals surface area contributed by atoms with Crippen molar-refractivity contribution in [3.63, 3.8) is 0 Å². The molecule has 0 radical (unpaired) electrons. The fourth-order valence-corrected chi connectivity index (χ4v) is 2.31. The molecule has 1 aliphatic rings. The Labute approximate surface area is 82.2 Å². The van der Waals surface area contributed by atoms with Gasteiger partial charge in [0.2, 0.25) is 0 Å². The molecule has 70 valence electrons. The van der Waals surface area contributed by atoms with Crippen molar-refractivity contribution < 1.29 is 4.79 Å². The lowest BCUT2D eigenvalue weighted by Gasteiger charge is -2.11. The van der Waals surface area contributed by atoms with Gasteiger partial charge < -0.3 is 0 Å². The van der Waals surface area contributed by atoms with Gasteiger partial charge in [0.15, 0.2) is 0 Å². The highest BCUT2D eigenvalue weighted by molar-refractivity contribution is 7.07. The van der Waals surface area contributed by atoms with Gasteiger partial charge in [0.1, 0.15) is 5.78 Å². The quantitative estimate of drug-likeness (QED) is 0.729. The van der Waals surface area contributed by atoms with Gasteiger partial charge in [-0.05, 0) is 28.8 Å². The first kappa shape index (κ1) is 8.91. The smallest absolute Gasteiger partial charge is 0.148 e. The van der Waals surface area contributed by atoms with Crippen LogP contribution in [0.5, 0.6) is 0 Å². The molecular formula is C10H13NOS. The van der Waals surface area contributed by atoms with Gasteiger partial charge in [-0.3, -0.25) is 9.69 Å². The van der Waals surface area contributed by atoms with Crippen LogP contribution in [0.2, 0.25) is 0 Å². The van der Waals surface area contributed by atoms with E-state index in [9.17, 15) is 4.79 Å². The number of rotatable bonds is 3. The van der Waals surface area contributed by atoms with Gasteiger partial charge in [-0.2, -0.15) is 11.3 Å². The normalized spacial score (nSPS) is 18.3. The van der Waals surface area contributed by atoms with E-state index in [2.05, 4.69) is 21.7 Å². The molecule has 3 heteroatoms. The number of Topliss-reactive ketones (excluding diaryl/α,β-unsaturated/α-hetero) is 1. The van der Waals surface area contributed by atoms with Gasteiger partial charge in [0.25, 0.3) is 0 Å². The van der Waals surface area contributed by atoms with Crippen molar-refractivity contribution in [2.75, 3.05) is 19.6 Å². The molecular weight excluding hydrogens is 182 g/mol. The summed E-state index contributed by atoms with van der Waals surface area (Å²) in [6.07, 6.45) is 1.83. The molecule has 0 aliphatic carbocycles. The number of likely N-dealkylation sites (tertiary alicyclic amines) is 1. The molecule has 1 aliphatic heterocycles. The van der Waals surface area contributed by atoms with E-state index in [1.165, 1.54) is 5.56 Å². The molecule has 0 aromatic carbocycles. The molecule has 0 bridgehead atoms. The van der Waals surface area contributed by atoms with Crippen molar-refractivity contribution in [3.05, 3.63) is 22.4 Å². The summed E-state index contributed by atoms with van der Waals surface area (Å²) in [6, 6.07) is 2.16. The Morgan fingerprint density at radius 1 is 1.54 bits per heavy atom. The van der Waals surface area contributed by atoms with E-state index in [1.807, 2.05) is 0 Å². The van der Waals surface area contributed by atoms with E-state index < -0.39 is 0 Å². The minimum atomic E-state index is 0.394. The average Bonchev–Trinajstić information content (AvgIpc) is 2.71. The molecule has 2 nitrogen and oxygen atoms in total. The third kappa shape index (κ3) is 2.39. The van der Waals surface area contributed by atoms with Crippen molar-refractivity contribution >= 4 is 17.1 Å². The summed E-state index contributed by atoms with van der Waals surface area (Å²) in [5, 5.41) is 4.28. The van der Waals surface area contributed by atoms with Gasteiger partial charge >= 0.3 is 0 Å². The molecule has 13 heavy (non-hydrogen) atoms. The zero-order valence-corrected chi connectivity index (χ0v) is 8.35. The van der Waals surface area contributed by atoms with E-state index >= 15 is 0 Å². The Morgan fingerprint density at radius 3 is 3.08 bits per heavy atom. The lowest BCUT2D eigenvalue weighted by Crippen LogP contribution is -2.23. The van der Waals surface area contributed by atoms with Gasteiger partial charge in [-0.15, -0.1) is 0 Å². The van der Waals surface area contributed by atoms with Crippen LogP contribution in [-0.2, 0) is 11.2 Å². The minimum absolute atomic E-state index is 0.394. The van der Waals surface area contributed by atoms with Crippen molar-refractivity contribution in [2.45, 2.75) is 12.8 Å². The van der Waals surface area contributed by atoms with Crippen LogP contribution in [0.4, 0.5) is 0 Å². The number of thiophene rings is 1. The second kappa shape index (κ2) is 4.03. The number of carbonyl (C=O) groups is 1. The molecule has 0 N–H and O–H groups in total. The molecule has 1 fully saturated rings. The molecule has 0 unspecified atom stereocenters. The zero-order chi connectivity index (χ0) is 9.10. The number of ketones is 1. The summed E-state index contributed by atoms with van der Waals surface area (Å²) in [5.74, 6) is 0.394. The second-order valence-electron chi connectivity index (χ2n) is 3.45. The Bertz CT molecular complexity index is 281. The van der Waals surface area contributed by atoms with Gasteiger partial charge in [0.05, 0.1) is 6.54 Å². The van der Waals surface area contributed by atoms with E-state index in [0.717, 1.165) is 25.9 Å². The maximum atomic E-state index is 11.0. The molecule has 0 saturated carbocycles.